The van der Waals surface area contributed by atoms with Crippen LogP contribution in [0.25, 0.3) is 0 Å². The number of hydrogen-bond donors (Lipinski definition) is 1. The second-order valence-electron chi connectivity index (χ2n) is 5.03. The molecule has 3 heteroatoms. The van der Waals surface area contributed by atoms with Gasteiger partial charge in [-0.2, -0.15) is 0 Å². The first-order chi connectivity index (χ1) is 9.54. The Kier molecular flexibility index (Phi) is 4.84. The maximum Gasteiger partial charge on any atom is 0.126 e. The number of benzene rings is 2. The van der Waals surface area contributed by atoms with Crippen LogP contribution in [0.1, 0.15) is 28.3 Å². The summed E-state index contributed by atoms with van der Waals surface area (Å²) >= 11 is 3.57. The van der Waals surface area contributed by atoms with E-state index in [-0.39, 0.29) is 6.04 Å². The normalized spacial score (nSPS) is 12.2. The minimum Gasteiger partial charge on any atom is -0.496 e. The summed E-state index contributed by atoms with van der Waals surface area (Å²) in [5, 5.41) is 0. The third kappa shape index (κ3) is 3.05. The van der Waals surface area contributed by atoms with Gasteiger partial charge in [-0.05, 0) is 43.0 Å². The highest BCUT2D eigenvalue weighted by Gasteiger charge is 2.16. The van der Waals surface area contributed by atoms with Crippen LogP contribution in [0.2, 0.25) is 0 Å². The fourth-order valence-corrected chi connectivity index (χ4v) is 2.83. The molecule has 0 heterocycles. The van der Waals surface area contributed by atoms with Gasteiger partial charge in [-0.3, -0.25) is 0 Å². The topological polar surface area (TPSA) is 35.2 Å². The molecule has 2 rings (SSSR count). The van der Waals surface area contributed by atoms with E-state index in [2.05, 4.69) is 48.0 Å². The minimum absolute atomic E-state index is 0.0806. The summed E-state index contributed by atoms with van der Waals surface area (Å²) in [5.41, 5.74) is 11.0. The summed E-state index contributed by atoms with van der Waals surface area (Å²) in [6.45, 7) is 4.16. The zero-order chi connectivity index (χ0) is 14.7. The number of aryl methyl sites for hydroxylation is 1. The molecular formula is C17H20BrNO. The van der Waals surface area contributed by atoms with Gasteiger partial charge in [0, 0.05) is 16.1 Å². The zero-order valence-corrected chi connectivity index (χ0v) is 13.7. The molecule has 0 amide bonds. The van der Waals surface area contributed by atoms with Gasteiger partial charge < -0.3 is 10.5 Å². The SMILES string of the molecule is COc1c(C(N)Cc2ccccc2Br)ccc(C)c1C. The van der Waals surface area contributed by atoms with Crippen molar-refractivity contribution >= 4 is 15.9 Å². The van der Waals surface area contributed by atoms with Crippen molar-refractivity contribution in [2.24, 2.45) is 5.73 Å². The number of rotatable bonds is 4. The highest BCUT2D eigenvalue weighted by Crippen LogP contribution is 2.32. The van der Waals surface area contributed by atoms with E-state index in [4.69, 9.17) is 10.5 Å². The molecule has 0 bridgehead atoms. The molecule has 20 heavy (non-hydrogen) atoms. The van der Waals surface area contributed by atoms with Gasteiger partial charge in [-0.25, -0.2) is 0 Å². The summed E-state index contributed by atoms with van der Waals surface area (Å²) in [6, 6.07) is 12.3. The van der Waals surface area contributed by atoms with Crippen LogP contribution in [0.3, 0.4) is 0 Å². The number of nitrogens with two attached hydrogens (primary N) is 1. The highest BCUT2D eigenvalue weighted by molar-refractivity contribution is 9.10. The summed E-state index contributed by atoms with van der Waals surface area (Å²) in [4.78, 5) is 0. The Morgan fingerprint density at radius 1 is 1.15 bits per heavy atom. The molecule has 2 aromatic rings. The summed E-state index contributed by atoms with van der Waals surface area (Å²) in [5.74, 6) is 0.907. The van der Waals surface area contributed by atoms with Crippen LogP contribution in [-0.4, -0.2) is 7.11 Å². The lowest BCUT2D eigenvalue weighted by atomic mass is 9.95. The first-order valence-corrected chi connectivity index (χ1v) is 7.47. The van der Waals surface area contributed by atoms with Gasteiger partial charge in [0.05, 0.1) is 7.11 Å². The number of hydrogen-bond acceptors (Lipinski definition) is 2. The molecule has 0 spiro atoms. The standard InChI is InChI=1S/C17H20BrNO/c1-11-8-9-14(17(20-3)12(11)2)16(19)10-13-6-4-5-7-15(13)18/h4-9,16H,10,19H2,1-3H3. The van der Waals surface area contributed by atoms with E-state index in [9.17, 15) is 0 Å². The van der Waals surface area contributed by atoms with Crippen molar-refractivity contribution in [3.63, 3.8) is 0 Å². The molecular weight excluding hydrogens is 314 g/mol. The average molecular weight is 334 g/mol. The van der Waals surface area contributed by atoms with Crippen LogP contribution in [0.4, 0.5) is 0 Å². The molecule has 0 aliphatic rings. The fourth-order valence-electron chi connectivity index (χ4n) is 2.38. The maximum atomic E-state index is 6.39. The van der Waals surface area contributed by atoms with Crippen LogP contribution in [0.5, 0.6) is 5.75 Å². The first-order valence-electron chi connectivity index (χ1n) is 6.67. The number of ether oxygens (including phenoxy) is 1. The van der Waals surface area contributed by atoms with Gasteiger partial charge in [-0.1, -0.05) is 46.3 Å². The fraction of sp³-hybridized carbons (Fsp3) is 0.294. The van der Waals surface area contributed by atoms with Crippen LogP contribution >= 0.6 is 15.9 Å². The lowest BCUT2D eigenvalue weighted by Gasteiger charge is -2.19. The molecule has 0 saturated heterocycles. The minimum atomic E-state index is -0.0806. The third-order valence-electron chi connectivity index (χ3n) is 3.71. The summed E-state index contributed by atoms with van der Waals surface area (Å²) in [6.07, 6.45) is 0.778. The molecule has 2 nitrogen and oxygen atoms in total. The molecule has 2 N–H and O–H groups in total. The molecule has 0 aliphatic heterocycles. The summed E-state index contributed by atoms with van der Waals surface area (Å²) < 4.78 is 6.65. The van der Waals surface area contributed by atoms with Gasteiger partial charge in [-0.15, -0.1) is 0 Å². The summed E-state index contributed by atoms with van der Waals surface area (Å²) in [7, 11) is 1.70. The van der Waals surface area contributed by atoms with Crippen LogP contribution in [0.15, 0.2) is 40.9 Å². The second-order valence-corrected chi connectivity index (χ2v) is 5.89. The van der Waals surface area contributed by atoms with E-state index in [1.807, 2.05) is 18.2 Å². The lowest BCUT2D eigenvalue weighted by Crippen LogP contribution is -2.15. The van der Waals surface area contributed by atoms with Crippen LogP contribution < -0.4 is 10.5 Å². The average Bonchev–Trinajstić information content (AvgIpc) is 2.44. The van der Waals surface area contributed by atoms with Gasteiger partial charge in [0.1, 0.15) is 5.75 Å². The van der Waals surface area contributed by atoms with E-state index in [1.165, 1.54) is 11.1 Å². The smallest absolute Gasteiger partial charge is 0.126 e. The molecule has 0 radical (unpaired) electrons. The monoisotopic (exact) mass is 333 g/mol. The van der Waals surface area contributed by atoms with Crippen molar-refractivity contribution in [1.82, 2.24) is 0 Å². The molecule has 0 saturated carbocycles. The number of methoxy groups -OCH3 is 1. The molecule has 1 atom stereocenters. The van der Waals surface area contributed by atoms with Crippen molar-refractivity contribution in [3.8, 4) is 5.75 Å². The van der Waals surface area contributed by atoms with Gasteiger partial charge in [0.25, 0.3) is 0 Å². The van der Waals surface area contributed by atoms with Crippen molar-refractivity contribution in [2.45, 2.75) is 26.3 Å². The first kappa shape index (κ1) is 15.1. The van der Waals surface area contributed by atoms with E-state index >= 15 is 0 Å². The molecule has 0 aromatic heterocycles. The number of halogens is 1. The highest BCUT2D eigenvalue weighted by atomic mass is 79.9. The van der Waals surface area contributed by atoms with E-state index in [1.54, 1.807) is 7.11 Å². The second kappa shape index (κ2) is 6.42. The molecule has 0 aliphatic carbocycles. The van der Waals surface area contributed by atoms with Crippen molar-refractivity contribution < 1.29 is 4.74 Å². The zero-order valence-electron chi connectivity index (χ0n) is 12.1. The quantitative estimate of drug-likeness (QED) is 0.904. The molecule has 1 unspecified atom stereocenters. The van der Waals surface area contributed by atoms with Gasteiger partial charge in [0.15, 0.2) is 0 Å². The van der Waals surface area contributed by atoms with E-state index < -0.39 is 0 Å². The van der Waals surface area contributed by atoms with E-state index in [0.717, 1.165) is 27.8 Å². The van der Waals surface area contributed by atoms with Crippen LogP contribution in [0, 0.1) is 13.8 Å². The molecule has 106 valence electrons. The Morgan fingerprint density at radius 3 is 2.50 bits per heavy atom. The predicted molar refractivity (Wildman–Crippen MR) is 87.2 cm³/mol. The van der Waals surface area contributed by atoms with Crippen molar-refractivity contribution in [1.29, 1.82) is 0 Å². The Labute approximate surface area is 129 Å². The lowest BCUT2D eigenvalue weighted by molar-refractivity contribution is 0.402. The molecule has 2 aromatic carbocycles. The third-order valence-corrected chi connectivity index (χ3v) is 4.48. The largest absolute Gasteiger partial charge is 0.496 e. The molecule has 0 fully saturated rings. The van der Waals surface area contributed by atoms with Crippen LogP contribution in [-0.2, 0) is 6.42 Å². The van der Waals surface area contributed by atoms with Crippen molar-refractivity contribution in [2.75, 3.05) is 7.11 Å². The predicted octanol–water partition coefficient (Wildman–Crippen LogP) is 4.32. The Bertz CT molecular complexity index is 610. The van der Waals surface area contributed by atoms with Gasteiger partial charge in [0.2, 0.25) is 0 Å². The Morgan fingerprint density at radius 2 is 1.85 bits per heavy atom. The van der Waals surface area contributed by atoms with Gasteiger partial charge >= 0.3 is 0 Å². The Hall–Kier alpha value is -1.32. The van der Waals surface area contributed by atoms with E-state index in [0.29, 0.717) is 0 Å². The maximum absolute atomic E-state index is 6.39. The van der Waals surface area contributed by atoms with Crippen molar-refractivity contribution in [3.05, 3.63) is 63.1 Å². The Balaban J connectivity index is 2.32.